The molecule has 2 rings (SSSR count). The van der Waals surface area contributed by atoms with Crippen LogP contribution in [0, 0.1) is 0 Å². The predicted octanol–water partition coefficient (Wildman–Crippen LogP) is 3.21. The summed E-state index contributed by atoms with van der Waals surface area (Å²) in [6.07, 6.45) is -0.224. The van der Waals surface area contributed by atoms with E-state index in [2.05, 4.69) is 25.3 Å². The maximum absolute atomic E-state index is 9.99. The van der Waals surface area contributed by atoms with E-state index in [4.69, 9.17) is 15.9 Å². The lowest BCUT2D eigenvalue weighted by Gasteiger charge is -2.01. The minimum Gasteiger partial charge on any atom is -0.481 e. The van der Waals surface area contributed by atoms with Gasteiger partial charge in [-0.05, 0) is 30.7 Å². The van der Waals surface area contributed by atoms with Crippen LogP contribution in [-0.4, -0.2) is 28.2 Å². The zero-order valence-corrected chi connectivity index (χ0v) is 14.7. The summed E-state index contributed by atoms with van der Waals surface area (Å²) in [5.74, 6) is -2.20. The summed E-state index contributed by atoms with van der Waals surface area (Å²) in [6.45, 7) is 0. The van der Waals surface area contributed by atoms with Crippen molar-refractivity contribution in [3.63, 3.8) is 0 Å². The molecule has 0 aliphatic carbocycles. The SMILES string of the molecule is N[C@@H](CCC(=O)O)C(=O)O.Sc1ccccc1.Sc1ccccc1. The number of hydrogen-bond donors (Lipinski definition) is 5. The third-order valence-corrected chi connectivity index (χ3v) is 3.10. The summed E-state index contributed by atoms with van der Waals surface area (Å²) in [7, 11) is 0. The summed E-state index contributed by atoms with van der Waals surface area (Å²) in [6, 6.07) is 18.5. The number of nitrogens with two attached hydrogens (primary N) is 1. The largest absolute Gasteiger partial charge is 0.481 e. The fourth-order valence-electron chi connectivity index (χ4n) is 1.26. The normalized spacial score (nSPS) is 10.3. The van der Waals surface area contributed by atoms with E-state index in [-0.39, 0.29) is 12.8 Å². The molecule has 1 atom stereocenters. The van der Waals surface area contributed by atoms with E-state index in [9.17, 15) is 9.59 Å². The second kappa shape index (κ2) is 13.5. The molecule has 0 heterocycles. The lowest BCUT2D eigenvalue weighted by atomic mass is 10.2. The van der Waals surface area contributed by atoms with E-state index < -0.39 is 18.0 Å². The molecule has 0 unspecified atom stereocenters. The van der Waals surface area contributed by atoms with Crippen molar-refractivity contribution in [1.29, 1.82) is 0 Å². The molecule has 0 saturated heterocycles. The van der Waals surface area contributed by atoms with Crippen molar-refractivity contribution in [3.05, 3.63) is 60.7 Å². The van der Waals surface area contributed by atoms with Crippen LogP contribution in [0.15, 0.2) is 70.5 Å². The van der Waals surface area contributed by atoms with Crippen LogP contribution in [0.5, 0.6) is 0 Å². The highest BCUT2D eigenvalue weighted by Crippen LogP contribution is 2.01. The molecule has 0 spiro atoms. The van der Waals surface area contributed by atoms with Crippen LogP contribution in [0.2, 0.25) is 0 Å². The Labute approximate surface area is 152 Å². The molecule has 0 bridgehead atoms. The molecule has 5 nitrogen and oxygen atoms in total. The van der Waals surface area contributed by atoms with Gasteiger partial charge in [0, 0.05) is 16.2 Å². The van der Waals surface area contributed by atoms with Gasteiger partial charge in [-0.1, -0.05) is 36.4 Å². The number of thiol groups is 2. The van der Waals surface area contributed by atoms with Crippen LogP contribution in [0.3, 0.4) is 0 Å². The standard InChI is InChI=1S/2C6H6S.C5H9NO4/c2*7-6-4-2-1-3-5-6;6-3(5(9)10)1-2-4(7)8/h2*1-5,7H;3H,1-2,6H2,(H,7,8)(H,9,10)/t;;3-/m..0/s1. The van der Waals surface area contributed by atoms with Crippen molar-refractivity contribution in [3.8, 4) is 0 Å². The van der Waals surface area contributed by atoms with Crippen LogP contribution in [0.25, 0.3) is 0 Å². The number of carboxylic acids is 2. The van der Waals surface area contributed by atoms with Gasteiger partial charge in [-0.25, -0.2) is 0 Å². The van der Waals surface area contributed by atoms with Gasteiger partial charge in [0.15, 0.2) is 0 Å². The Morgan fingerprint density at radius 3 is 1.46 bits per heavy atom. The maximum atomic E-state index is 9.99. The molecule has 2 aromatic carbocycles. The Kier molecular flexibility index (Phi) is 12.4. The van der Waals surface area contributed by atoms with Crippen LogP contribution < -0.4 is 5.73 Å². The van der Waals surface area contributed by atoms with Gasteiger partial charge in [0.1, 0.15) is 6.04 Å². The van der Waals surface area contributed by atoms with Crippen LogP contribution in [0.4, 0.5) is 0 Å². The van der Waals surface area contributed by atoms with Crippen molar-refractivity contribution in [2.24, 2.45) is 5.73 Å². The average Bonchev–Trinajstić information content (AvgIpc) is 2.55. The minimum atomic E-state index is -1.17. The lowest BCUT2D eigenvalue weighted by molar-refractivity contribution is -0.139. The van der Waals surface area contributed by atoms with Crippen LogP contribution in [-0.2, 0) is 9.59 Å². The number of hydrogen-bond acceptors (Lipinski definition) is 5. The monoisotopic (exact) mass is 367 g/mol. The van der Waals surface area contributed by atoms with Crippen molar-refractivity contribution in [1.82, 2.24) is 0 Å². The van der Waals surface area contributed by atoms with Gasteiger partial charge in [-0.3, -0.25) is 9.59 Å². The van der Waals surface area contributed by atoms with Crippen molar-refractivity contribution < 1.29 is 19.8 Å². The van der Waals surface area contributed by atoms with E-state index in [0.29, 0.717) is 0 Å². The summed E-state index contributed by atoms with van der Waals surface area (Å²) < 4.78 is 0. The molecular weight excluding hydrogens is 346 g/mol. The van der Waals surface area contributed by atoms with Gasteiger partial charge >= 0.3 is 11.9 Å². The Morgan fingerprint density at radius 2 is 1.25 bits per heavy atom. The Morgan fingerprint density at radius 1 is 0.875 bits per heavy atom. The van der Waals surface area contributed by atoms with Gasteiger partial charge in [0.05, 0.1) is 0 Å². The second-order valence-electron chi connectivity index (χ2n) is 4.55. The maximum Gasteiger partial charge on any atom is 0.320 e. The van der Waals surface area contributed by atoms with Crippen molar-refractivity contribution in [2.45, 2.75) is 28.7 Å². The smallest absolute Gasteiger partial charge is 0.320 e. The number of carbonyl (C=O) groups is 2. The van der Waals surface area contributed by atoms with Crippen molar-refractivity contribution >= 4 is 37.2 Å². The predicted molar refractivity (Wildman–Crippen MR) is 99.9 cm³/mol. The second-order valence-corrected chi connectivity index (χ2v) is 5.58. The topological polar surface area (TPSA) is 101 Å². The van der Waals surface area contributed by atoms with E-state index >= 15 is 0 Å². The first-order valence-electron chi connectivity index (χ1n) is 7.01. The molecular formula is C17H21NO4S2. The lowest BCUT2D eigenvalue weighted by Crippen LogP contribution is -2.30. The molecule has 0 amide bonds. The van der Waals surface area contributed by atoms with Gasteiger partial charge in [-0.15, -0.1) is 25.3 Å². The fraction of sp³-hybridized carbons (Fsp3) is 0.176. The van der Waals surface area contributed by atoms with E-state index in [0.717, 1.165) is 9.79 Å². The molecule has 0 aliphatic heterocycles. The highest BCUT2D eigenvalue weighted by atomic mass is 32.1. The first-order valence-corrected chi connectivity index (χ1v) is 7.90. The third-order valence-electron chi connectivity index (χ3n) is 2.50. The highest BCUT2D eigenvalue weighted by Gasteiger charge is 2.12. The number of aliphatic carboxylic acids is 2. The summed E-state index contributed by atoms with van der Waals surface area (Å²) in [4.78, 5) is 21.9. The molecule has 2 aromatic rings. The summed E-state index contributed by atoms with van der Waals surface area (Å²) in [5, 5.41) is 16.3. The molecule has 7 heteroatoms. The van der Waals surface area contributed by atoms with Crippen LogP contribution in [0.1, 0.15) is 12.8 Å². The minimum absolute atomic E-state index is 0.0231. The van der Waals surface area contributed by atoms with Gasteiger partial charge in [-0.2, -0.15) is 0 Å². The molecule has 0 fully saturated rings. The molecule has 0 aliphatic rings. The molecule has 130 valence electrons. The van der Waals surface area contributed by atoms with Gasteiger partial charge < -0.3 is 15.9 Å². The van der Waals surface area contributed by atoms with Crippen LogP contribution >= 0.6 is 25.3 Å². The molecule has 0 saturated carbocycles. The quantitative estimate of drug-likeness (QED) is 0.534. The molecule has 0 aromatic heterocycles. The van der Waals surface area contributed by atoms with Gasteiger partial charge in [0.25, 0.3) is 0 Å². The highest BCUT2D eigenvalue weighted by molar-refractivity contribution is 7.80. The van der Waals surface area contributed by atoms with Gasteiger partial charge in [0.2, 0.25) is 0 Å². The molecule has 0 radical (unpaired) electrons. The molecule has 4 N–H and O–H groups in total. The number of carboxylic acid groups (broad SMARTS) is 2. The zero-order valence-electron chi connectivity index (χ0n) is 12.9. The summed E-state index contributed by atoms with van der Waals surface area (Å²) in [5.41, 5.74) is 5.00. The Bertz CT molecular complexity index is 557. The fourth-order valence-corrected chi connectivity index (χ4v) is 1.60. The Hall–Kier alpha value is -1.96. The average molecular weight is 367 g/mol. The third kappa shape index (κ3) is 13.7. The zero-order chi connectivity index (χ0) is 18.4. The van der Waals surface area contributed by atoms with E-state index in [1.165, 1.54) is 0 Å². The van der Waals surface area contributed by atoms with E-state index in [1.54, 1.807) is 0 Å². The summed E-state index contributed by atoms with van der Waals surface area (Å²) >= 11 is 8.17. The van der Waals surface area contributed by atoms with Crippen molar-refractivity contribution in [2.75, 3.05) is 0 Å². The number of benzene rings is 2. The molecule has 24 heavy (non-hydrogen) atoms. The first kappa shape index (κ1) is 22.0. The first-order chi connectivity index (χ1) is 11.3. The number of rotatable bonds is 4. The Balaban J connectivity index is 0.000000337. The van der Waals surface area contributed by atoms with E-state index in [1.807, 2.05) is 60.7 Å².